The standard InChI is InChI=1S/C24H27N3O4/c1-30-21-12-11-16(15-22(21)31-2)24(29)26-25-23(28)13-14-27-19-9-5-3-7-17(19)18-8-4-6-10-20(18)27/h3,5,7,9,11-12,15H,4,6,8,10,13-14H2,1-2H3,(H,25,28)(H,26,29). The molecule has 1 aliphatic rings. The summed E-state index contributed by atoms with van der Waals surface area (Å²) in [7, 11) is 3.04. The maximum Gasteiger partial charge on any atom is 0.269 e. The Kier molecular flexibility index (Phi) is 6.11. The van der Waals surface area contributed by atoms with Gasteiger partial charge in [-0.25, -0.2) is 0 Å². The maximum absolute atomic E-state index is 12.4. The third-order valence-corrected chi connectivity index (χ3v) is 5.81. The van der Waals surface area contributed by atoms with Crippen LogP contribution in [0.3, 0.4) is 0 Å². The van der Waals surface area contributed by atoms with Crippen LogP contribution in [0, 0.1) is 0 Å². The molecule has 1 heterocycles. The summed E-state index contributed by atoms with van der Waals surface area (Å²) in [6.45, 7) is 0.577. The smallest absolute Gasteiger partial charge is 0.269 e. The van der Waals surface area contributed by atoms with Crippen LogP contribution in [0.4, 0.5) is 0 Å². The number of benzene rings is 2. The monoisotopic (exact) mass is 421 g/mol. The number of amides is 2. The van der Waals surface area contributed by atoms with Crippen LogP contribution < -0.4 is 20.3 Å². The molecule has 2 N–H and O–H groups in total. The predicted molar refractivity (Wildman–Crippen MR) is 118 cm³/mol. The number of hydrogen-bond donors (Lipinski definition) is 2. The number of aromatic nitrogens is 1. The van der Waals surface area contributed by atoms with E-state index in [0.29, 0.717) is 23.6 Å². The van der Waals surface area contributed by atoms with E-state index < -0.39 is 5.91 Å². The SMILES string of the molecule is COc1ccc(C(=O)NNC(=O)CCn2c3c(c4ccccc42)CCCC3)cc1OC. The number of hydrogen-bond acceptors (Lipinski definition) is 4. The van der Waals surface area contributed by atoms with Crippen LogP contribution in [0.15, 0.2) is 42.5 Å². The van der Waals surface area contributed by atoms with Gasteiger partial charge in [0.25, 0.3) is 5.91 Å². The molecule has 0 aliphatic heterocycles. The summed E-state index contributed by atoms with van der Waals surface area (Å²) in [6.07, 6.45) is 4.80. The molecular weight excluding hydrogens is 394 g/mol. The fourth-order valence-electron chi connectivity index (χ4n) is 4.29. The normalized spacial score (nSPS) is 12.8. The molecule has 31 heavy (non-hydrogen) atoms. The third-order valence-electron chi connectivity index (χ3n) is 5.81. The van der Waals surface area contributed by atoms with Gasteiger partial charge in [0.2, 0.25) is 5.91 Å². The number of nitrogens with zero attached hydrogens (tertiary/aromatic N) is 1. The number of rotatable bonds is 6. The Morgan fingerprint density at radius 2 is 1.74 bits per heavy atom. The van der Waals surface area contributed by atoms with Crippen molar-refractivity contribution in [1.29, 1.82) is 0 Å². The molecule has 0 fully saturated rings. The second kappa shape index (κ2) is 9.12. The van der Waals surface area contributed by atoms with Crippen LogP contribution in [-0.4, -0.2) is 30.6 Å². The Labute approximate surface area is 181 Å². The lowest BCUT2D eigenvalue weighted by Crippen LogP contribution is -2.41. The average molecular weight is 421 g/mol. The molecular formula is C24H27N3O4. The van der Waals surface area contributed by atoms with Gasteiger partial charge in [-0.2, -0.15) is 0 Å². The average Bonchev–Trinajstić information content (AvgIpc) is 3.14. The van der Waals surface area contributed by atoms with Gasteiger partial charge in [-0.3, -0.25) is 20.4 Å². The summed E-state index contributed by atoms with van der Waals surface area (Å²) >= 11 is 0. The lowest BCUT2D eigenvalue weighted by Gasteiger charge is -2.16. The summed E-state index contributed by atoms with van der Waals surface area (Å²) < 4.78 is 12.7. The minimum atomic E-state index is -0.418. The number of fused-ring (bicyclic) bond motifs is 3. The molecule has 1 aliphatic carbocycles. The van der Waals surface area contributed by atoms with Crippen molar-refractivity contribution in [3.8, 4) is 11.5 Å². The van der Waals surface area contributed by atoms with Crippen molar-refractivity contribution in [2.24, 2.45) is 0 Å². The fourth-order valence-corrected chi connectivity index (χ4v) is 4.29. The number of ether oxygens (including phenoxy) is 2. The molecule has 0 unspecified atom stereocenters. The first kappa shape index (κ1) is 20.8. The number of aryl methyl sites for hydroxylation is 2. The largest absolute Gasteiger partial charge is 0.493 e. The van der Waals surface area contributed by atoms with Crippen LogP contribution >= 0.6 is 0 Å². The first-order valence-corrected chi connectivity index (χ1v) is 10.5. The minimum absolute atomic E-state index is 0.240. The van der Waals surface area contributed by atoms with Crippen LogP contribution in [0.1, 0.15) is 40.9 Å². The first-order valence-electron chi connectivity index (χ1n) is 10.5. The van der Waals surface area contributed by atoms with E-state index in [1.54, 1.807) is 18.2 Å². The fraction of sp³-hybridized carbons (Fsp3) is 0.333. The van der Waals surface area contributed by atoms with Crippen molar-refractivity contribution in [1.82, 2.24) is 15.4 Å². The molecule has 7 heteroatoms. The highest BCUT2D eigenvalue weighted by atomic mass is 16.5. The van der Waals surface area contributed by atoms with Crippen LogP contribution in [0.25, 0.3) is 10.9 Å². The molecule has 3 aromatic rings. The second-order valence-electron chi connectivity index (χ2n) is 7.62. The Morgan fingerprint density at radius 1 is 0.968 bits per heavy atom. The van der Waals surface area contributed by atoms with E-state index in [1.807, 2.05) is 6.07 Å². The van der Waals surface area contributed by atoms with Gasteiger partial charge in [0.05, 0.1) is 14.2 Å². The Balaban J connectivity index is 1.39. The Morgan fingerprint density at radius 3 is 2.55 bits per heavy atom. The number of para-hydroxylation sites is 1. The number of methoxy groups -OCH3 is 2. The van der Waals surface area contributed by atoms with Crippen molar-refractivity contribution >= 4 is 22.7 Å². The van der Waals surface area contributed by atoms with E-state index in [2.05, 4.69) is 33.6 Å². The zero-order valence-electron chi connectivity index (χ0n) is 17.9. The molecule has 0 atom stereocenters. The summed E-state index contributed by atoms with van der Waals surface area (Å²) in [5, 5.41) is 1.29. The van der Waals surface area contributed by atoms with Gasteiger partial charge in [0, 0.05) is 35.1 Å². The molecule has 4 rings (SSSR count). The van der Waals surface area contributed by atoms with Crippen LogP contribution in [0.2, 0.25) is 0 Å². The zero-order chi connectivity index (χ0) is 21.8. The number of hydrazine groups is 1. The van der Waals surface area contributed by atoms with Gasteiger partial charge in [-0.15, -0.1) is 0 Å². The third kappa shape index (κ3) is 4.21. The van der Waals surface area contributed by atoms with Gasteiger partial charge in [-0.1, -0.05) is 18.2 Å². The van der Waals surface area contributed by atoms with Crippen LogP contribution in [0.5, 0.6) is 11.5 Å². The predicted octanol–water partition coefficient (Wildman–Crippen LogP) is 3.39. The lowest BCUT2D eigenvalue weighted by atomic mass is 9.95. The second-order valence-corrected chi connectivity index (χ2v) is 7.62. The Bertz CT molecular complexity index is 1120. The van der Waals surface area contributed by atoms with Gasteiger partial charge in [0.15, 0.2) is 11.5 Å². The number of carbonyl (C=O) groups is 2. The zero-order valence-corrected chi connectivity index (χ0v) is 17.9. The van der Waals surface area contributed by atoms with Crippen LogP contribution in [-0.2, 0) is 24.2 Å². The minimum Gasteiger partial charge on any atom is -0.493 e. The quantitative estimate of drug-likeness (QED) is 0.598. The van der Waals surface area contributed by atoms with Crippen molar-refractivity contribution in [2.45, 2.75) is 38.6 Å². The summed E-state index contributed by atoms with van der Waals surface area (Å²) in [5.41, 5.74) is 9.29. The van der Waals surface area contributed by atoms with Gasteiger partial charge in [0.1, 0.15) is 0 Å². The Hall–Kier alpha value is -3.48. The van der Waals surface area contributed by atoms with Crippen molar-refractivity contribution in [2.75, 3.05) is 14.2 Å². The first-order chi connectivity index (χ1) is 15.1. The number of carbonyl (C=O) groups excluding carboxylic acids is 2. The van der Waals surface area contributed by atoms with Gasteiger partial charge >= 0.3 is 0 Å². The van der Waals surface area contributed by atoms with Crippen molar-refractivity contribution in [3.63, 3.8) is 0 Å². The highest BCUT2D eigenvalue weighted by molar-refractivity contribution is 5.96. The topological polar surface area (TPSA) is 81.6 Å². The molecule has 2 amide bonds. The van der Waals surface area contributed by atoms with E-state index in [4.69, 9.17) is 9.47 Å². The van der Waals surface area contributed by atoms with Crippen molar-refractivity contribution in [3.05, 3.63) is 59.3 Å². The summed E-state index contributed by atoms with van der Waals surface area (Å²) in [6, 6.07) is 13.2. The highest BCUT2D eigenvalue weighted by Gasteiger charge is 2.20. The number of nitrogens with one attached hydrogen (secondary N) is 2. The van der Waals surface area contributed by atoms with E-state index in [9.17, 15) is 9.59 Å². The maximum atomic E-state index is 12.4. The molecule has 0 saturated heterocycles. The molecule has 1 aromatic heterocycles. The van der Waals surface area contributed by atoms with Gasteiger partial charge < -0.3 is 14.0 Å². The van der Waals surface area contributed by atoms with Crippen molar-refractivity contribution < 1.29 is 19.1 Å². The molecule has 0 saturated carbocycles. The van der Waals surface area contributed by atoms with Gasteiger partial charge in [-0.05, 0) is 55.5 Å². The molecule has 0 bridgehead atoms. The summed E-state index contributed by atoms with van der Waals surface area (Å²) in [4.78, 5) is 24.8. The molecule has 0 radical (unpaired) electrons. The summed E-state index contributed by atoms with van der Waals surface area (Å²) in [5.74, 6) is 0.324. The lowest BCUT2D eigenvalue weighted by molar-refractivity contribution is -0.122. The molecule has 2 aromatic carbocycles. The molecule has 0 spiro atoms. The van der Waals surface area contributed by atoms with E-state index in [1.165, 1.54) is 49.2 Å². The van der Waals surface area contributed by atoms with E-state index >= 15 is 0 Å². The highest BCUT2D eigenvalue weighted by Crippen LogP contribution is 2.32. The van der Waals surface area contributed by atoms with E-state index in [0.717, 1.165) is 12.8 Å². The van der Waals surface area contributed by atoms with E-state index in [-0.39, 0.29) is 12.3 Å². The molecule has 162 valence electrons. The molecule has 7 nitrogen and oxygen atoms in total.